The molecule has 1 saturated carbocycles. The molecule has 1 fully saturated rings. The molecule has 0 spiro atoms. The highest BCUT2D eigenvalue weighted by molar-refractivity contribution is 14.1. The van der Waals surface area contributed by atoms with Gasteiger partial charge in [-0.2, -0.15) is 0 Å². The van der Waals surface area contributed by atoms with E-state index >= 15 is 0 Å². The number of hydrogen-bond acceptors (Lipinski definition) is 4. The Labute approximate surface area is 124 Å². The molecule has 108 valence electrons. The minimum absolute atomic E-state index is 0.431. The van der Waals surface area contributed by atoms with Crippen LogP contribution in [0.2, 0.25) is 0 Å². The molecule has 0 radical (unpaired) electrons. The Morgan fingerprint density at radius 1 is 0.889 bits per heavy atom. The fraction of sp³-hybridized carbons (Fsp3) is 1.00. The molecule has 2 atom stereocenters. The molecule has 0 N–H and O–H groups in total. The van der Waals surface area contributed by atoms with Crippen LogP contribution in [0.1, 0.15) is 25.7 Å². The van der Waals surface area contributed by atoms with E-state index in [1.807, 2.05) is 0 Å². The lowest BCUT2D eigenvalue weighted by atomic mass is 9.98. The zero-order valence-corrected chi connectivity index (χ0v) is 13.4. The van der Waals surface area contributed by atoms with Crippen molar-refractivity contribution in [3.63, 3.8) is 0 Å². The van der Waals surface area contributed by atoms with Crippen LogP contribution in [0, 0.1) is 0 Å². The van der Waals surface area contributed by atoms with Crippen LogP contribution >= 0.6 is 22.6 Å². The van der Waals surface area contributed by atoms with Gasteiger partial charge in [0, 0.05) is 11.0 Å². The maximum atomic E-state index is 5.85. The number of rotatable bonds is 10. The summed E-state index contributed by atoms with van der Waals surface area (Å²) in [4.78, 5) is 0. The molecule has 0 saturated heterocycles. The van der Waals surface area contributed by atoms with Crippen molar-refractivity contribution < 1.29 is 18.9 Å². The van der Waals surface area contributed by atoms with E-state index in [4.69, 9.17) is 18.9 Å². The summed E-state index contributed by atoms with van der Waals surface area (Å²) in [6.07, 6.45) is 5.58. The lowest BCUT2D eigenvalue weighted by molar-refractivity contribution is -0.0218. The van der Waals surface area contributed by atoms with Crippen molar-refractivity contribution in [3.05, 3.63) is 0 Å². The summed E-state index contributed by atoms with van der Waals surface area (Å²) in [5, 5.41) is 0. The van der Waals surface area contributed by atoms with Gasteiger partial charge in [0.25, 0.3) is 0 Å². The lowest BCUT2D eigenvalue weighted by Crippen LogP contribution is -2.29. The molecule has 5 heteroatoms. The zero-order valence-electron chi connectivity index (χ0n) is 11.2. The minimum atomic E-state index is 0.431. The van der Waals surface area contributed by atoms with Crippen LogP contribution in [0.15, 0.2) is 0 Å². The van der Waals surface area contributed by atoms with Gasteiger partial charge in [-0.25, -0.2) is 0 Å². The predicted molar refractivity (Wildman–Crippen MR) is 79.5 cm³/mol. The molecule has 1 aliphatic rings. The molecular formula is C13H25IO4. The second kappa shape index (κ2) is 11.4. The molecule has 1 aliphatic carbocycles. The summed E-state index contributed by atoms with van der Waals surface area (Å²) in [6, 6.07) is 0. The van der Waals surface area contributed by atoms with Crippen LogP contribution in [-0.4, -0.2) is 56.8 Å². The molecule has 0 aliphatic heterocycles. The number of ether oxygens (including phenoxy) is 4. The highest BCUT2D eigenvalue weighted by Crippen LogP contribution is 2.27. The normalized spacial score (nSPS) is 24.3. The Hall–Kier alpha value is 0.570. The van der Waals surface area contributed by atoms with Crippen LogP contribution in [0.25, 0.3) is 0 Å². The van der Waals surface area contributed by atoms with E-state index in [2.05, 4.69) is 22.6 Å². The molecule has 0 aromatic carbocycles. The quantitative estimate of drug-likeness (QED) is 0.335. The average Bonchev–Trinajstić information content (AvgIpc) is 2.39. The van der Waals surface area contributed by atoms with Crippen molar-refractivity contribution in [2.75, 3.05) is 46.8 Å². The van der Waals surface area contributed by atoms with Gasteiger partial charge in [0.2, 0.25) is 0 Å². The van der Waals surface area contributed by atoms with E-state index in [-0.39, 0.29) is 0 Å². The summed E-state index contributed by atoms with van der Waals surface area (Å²) in [5.41, 5.74) is 0. The van der Waals surface area contributed by atoms with Crippen LogP contribution in [0.3, 0.4) is 0 Å². The standard InChI is InChI=1S/C13H25IO4/c1-15-6-7-16-8-9-17-10-11-18-13-5-3-2-4-12(13)14/h12-13H,2-11H2,1H3. The third-order valence-corrected chi connectivity index (χ3v) is 4.41. The first-order valence-corrected chi connectivity index (χ1v) is 7.99. The molecule has 2 unspecified atom stereocenters. The molecule has 0 aromatic rings. The van der Waals surface area contributed by atoms with E-state index < -0.39 is 0 Å². The van der Waals surface area contributed by atoms with Gasteiger partial charge in [0.1, 0.15) is 0 Å². The molecule has 0 aromatic heterocycles. The fourth-order valence-corrected chi connectivity index (χ4v) is 2.97. The largest absolute Gasteiger partial charge is 0.382 e. The van der Waals surface area contributed by atoms with Crippen molar-refractivity contribution in [1.82, 2.24) is 0 Å². The maximum absolute atomic E-state index is 5.85. The Kier molecular flexibility index (Phi) is 10.5. The summed E-state index contributed by atoms with van der Waals surface area (Å²) in [6.45, 7) is 3.89. The third-order valence-electron chi connectivity index (χ3n) is 2.99. The maximum Gasteiger partial charge on any atom is 0.0704 e. The van der Waals surface area contributed by atoms with Gasteiger partial charge < -0.3 is 18.9 Å². The number of methoxy groups -OCH3 is 1. The summed E-state index contributed by atoms with van der Waals surface area (Å²) < 4.78 is 22.1. The number of hydrogen-bond donors (Lipinski definition) is 0. The van der Waals surface area contributed by atoms with Crippen LogP contribution < -0.4 is 0 Å². The summed E-state index contributed by atoms with van der Waals surface area (Å²) in [7, 11) is 1.67. The molecule has 0 amide bonds. The lowest BCUT2D eigenvalue weighted by Gasteiger charge is -2.27. The predicted octanol–water partition coefficient (Wildman–Crippen LogP) is 2.43. The van der Waals surface area contributed by atoms with E-state index in [0.29, 0.717) is 49.7 Å². The van der Waals surface area contributed by atoms with Crippen molar-refractivity contribution in [2.24, 2.45) is 0 Å². The Morgan fingerprint density at radius 3 is 2.17 bits per heavy atom. The van der Waals surface area contributed by atoms with Crippen LogP contribution in [-0.2, 0) is 18.9 Å². The van der Waals surface area contributed by atoms with Crippen LogP contribution in [0.5, 0.6) is 0 Å². The molecule has 0 bridgehead atoms. The van der Waals surface area contributed by atoms with Crippen molar-refractivity contribution in [2.45, 2.75) is 35.7 Å². The highest BCUT2D eigenvalue weighted by atomic mass is 127. The molecular weight excluding hydrogens is 347 g/mol. The molecule has 1 rings (SSSR count). The smallest absolute Gasteiger partial charge is 0.0704 e. The van der Waals surface area contributed by atoms with Gasteiger partial charge >= 0.3 is 0 Å². The Morgan fingerprint density at radius 2 is 1.50 bits per heavy atom. The molecule has 4 nitrogen and oxygen atoms in total. The van der Waals surface area contributed by atoms with Gasteiger partial charge in [0.15, 0.2) is 0 Å². The number of halogens is 1. The first-order valence-electron chi connectivity index (χ1n) is 6.74. The highest BCUT2D eigenvalue weighted by Gasteiger charge is 2.22. The van der Waals surface area contributed by atoms with Crippen molar-refractivity contribution >= 4 is 22.6 Å². The Balaban J connectivity index is 1.83. The third kappa shape index (κ3) is 7.89. The first-order chi connectivity index (χ1) is 8.84. The van der Waals surface area contributed by atoms with Crippen molar-refractivity contribution in [1.29, 1.82) is 0 Å². The number of alkyl halides is 1. The van der Waals surface area contributed by atoms with Gasteiger partial charge in [-0.1, -0.05) is 35.4 Å². The van der Waals surface area contributed by atoms with Crippen molar-refractivity contribution in [3.8, 4) is 0 Å². The van der Waals surface area contributed by atoms with Gasteiger partial charge in [-0.3, -0.25) is 0 Å². The Bertz CT molecular complexity index is 192. The van der Waals surface area contributed by atoms with Gasteiger partial charge in [-0.15, -0.1) is 0 Å². The molecule has 0 heterocycles. The average molecular weight is 372 g/mol. The summed E-state index contributed by atoms with van der Waals surface area (Å²) >= 11 is 2.51. The first kappa shape index (κ1) is 16.6. The fourth-order valence-electron chi connectivity index (χ4n) is 1.96. The monoisotopic (exact) mass is 372 g/mol. The molecule has 18 heavy (non-hydrogen) atoms. The SMILES string of the molecule is COCCOCCOCCOC1CCCCC1I. The van der Waals surface area contributed by atoms with E-state index in [0.717, 1.165) is 0 Å². The minimum Gasteiger partial charge on any atom is -0.382 e. The van der Waals surface area contributed by atoms with E-state index in [1.165, 1.54) is 25.7 Å². The zero-order chi connectivity index (χ0) is 13.1. The summed E-state index contributed by atoms with van der Waals surface area (Å²) in [5.74, 6) is 0. The topological polar surface area (TPSA) is 36.9 Å². The second-order valence-electron chi connectivity index (χ2n) is 4.43. The van der Waals surface area contributed by atoms with Crippen LogP contribution in [0.4, 0.5) is 0 Å². The van der Waals surface area contributed by atoms with E-state index in [9.17, 15) is 0 Å². The van der Waals surface area contributed by atoms with Gasteiger partial charge in [-0.05, 0) is 12.8 Å². The van der Waals surface area contributed by atoms with Gasteiger partial charge in [0.05, 0.1) is 45.7 Å². The van der Waals surface area contributed by atoms with E-state index in [1.54, 1.807) is 7.11 Å². The second-order valence-corrected chi connectivity index (χ2v) is 6.03.